The number of hydrogen-bond donors (Lipinski definition) is 0. The van der Waals surface area contributed by atoms with Gasteiger partial charge in [0.15, 0.2) is 17.5 Å². The molecule has 0 fully saturated rings. The lowest BCUT2D eigenvalue weighted by atomic mass is 10.1. The third-order valence-corrected chi connectivity index (χ3v) is 9.85. The Hall–Kier alpha value is -7.05. The first kappa shape index (κ1) is 27.9. The summed E-state index contributed by atoms with van der Waals surface area (Å²) < 4.78 is 14.8. The molecule has 11 rings (SSSR count). The maximum Gasteiger partial charge on any atom is 0.164 e. The smallest absolute Gasteiger partial charge is 0.164 e. The van der Waals surface area contributed by atoms with Gasteiger partial charge >= 0.3 is 0 Å². The fourth-order valence-electron chi connectivity index (χ4n) is 7.53. The summed E-state index contributed by atoms with van der Waals surface area (Å²) in [5, 5.41) is 6.54. The minimum Gasteiger partial charge on any atom is -0.456 e. The van der Waals surface area contributed by atoms with Crippen LogP contribution in [0.15, 0.2) is 167 Å². The maximum absolute atomic E-state index is 6.29. The lowest BCUT2D eigenvalue weighted by Gasteiger charge is -2.11. The van der Waals surface area contributed by atoms with Crippen molar-refractivity contribution in [3.05, 3.63) is 158 Å². The first-order valence-corrected chi connectivity index (χ1v) is 16.9. The minimum absolute atomic E-state index is 0.604. The van der Waals surface area contributed by atoms with E-state index < -0.39 is 0 Å². The quantitative estimate of drug-likeness (QED) is 0.189. The molecule has 238 valence electrons. The number of hydrogen-bond acceptors (Lipinski definition) is 5. The van der Waals surface area contributed by atoms with Crippen molar-refractivity contribution in [2.75, 3.05) is 0 Å². The molecule has 0 bridgehead atoms. The van der Waals surface area contributed by atoms with Crippen LogP contribution >= 0.6 is 0 Å². The summed E-state index contributed by atoms with van der Waals surface area (Å²) >= 11 is 0. The normalized spacial score (nSPS) is 11.9. The zero-order chi connectivity index (χ0) is 33.5. The molecule has 6 heteroatoms. The van der Waals surface area contributed by atoms with Crippen LogP contribution in [0.3, 0.4) is 0 Å². The van der Waals surface area contributed by atoms with Crippen LogP contribution < -0.4 is 0 Å². The van der Waals surface area contributed by atoms with Crippen LogP contribution in [0.25, 0.3) is 106 Å². The van der Waals surface area contributed by atoms with E-state index in [9.17, 15) is 0 Å². The summed E-state index contributed by atoms with van der Waals surface area (Å²) in [6, 6.07) is 53.9. The molecule has 0 saturated heterocycles. The highest BCUT2D eigenvalue weighted by molar-refractivity contribution is 6.15. The molecule has 0 amide bonds. The van der Waals surface area contributed by atoms with Crippen LogP contribution in [-0.2, 0) is 0 Å². The molecular formula is C45H26N4O2. The van der Waals surface area contributed by atoms with Gasteiger partial charge in [-0.2, -0.15) is 0 Å². The van der Waals surface area contributed by atoms with Gasteiger partial charge in [0.05, 0.1) is 22.1 Å². The van der Waals surface area contributed by atoms with E-state index in [1.54, 1.807) is 0 Å². The molecule has 6 nitrogen and oxygen atoms in total. The van der Waals surface area contributed by atoms with Crippen molar-refractivity contribution >= 4 is 65.7 Å². The highest BCUT2D eigenvalue weighted by Gasteiger charge is 2.20. The van der Waals surface area contributed by atoms with Crippen LogP contribution in [0, 0.1) is 0 Å². The maximum atomic E-state index is 6.29. The Labute approximate surface area is 290 Å². The van der Waals surface area contributed by atoms with Gasteiger partial charge in [0.25, 0.3) is 0 Å². The second kappa shape index (κ2) is 10.7. The largest absolute Gasteiger partial charge is 0.456 e. The van der Waals surface area contributed by atoms with E-state index in [0.29, 0.717) is 17.5 Å². The molecule has 0 unspecified atom stereocenters. The monoisotopic (exact) mass is 654 g/mol. The van der Waals surface area contributed by atoms with Gasteiger partial charge in [-0.3, -0.25) is 0 Å². The predicted molar refractivity (Wildman–Crippen MR) is 205 cm³/mol. The van der Waals surface area contributed by atoms with Crippen molar-refractivity contribution in [2.24, 2.45) is 0 Å². The molecule has 0 aliphatic rings. The van der Waals surface area contributed by atoms with Crippen LogP contribution in [0.5, 0.6) is 0 Å². The number of furan rings is 2. The summed E-state index contributed by atoms with van der Waals surface area (Å²) in [6.07, 6.45) is 0. The molecule has 4 aromatic heterocycles. The number of para-hydroxylation sites is 3. The van der Waals surface area contributed by atoms with Crippen molar-refractivity contribution in [3.8, 4) is 39.9 Å². The van der Waals surface area contributed by atoms with Crippen molar-refractivity contribution in [1.29, 1.82) is 0 Å². The third-order valence-electron chi connectivity index (χ3n) is 9.85. The van der Waals surface area contributed by atoms with Gasteiger partial charge in [-0.1, -0.05) is 91.0 Å². The van der Waals surface area contributed by atoms with E-state index >= 15 is 0 Å². The van der Waals surface area contributed by atoms with Crippen molar-refractivity contribution < 1.29 is 8.83 Å². The first-order chi connectivity index (χ1) is 25.3. The summed E-state index contributed by atoms with van der Waals surface area (Å²) in [4.78, 5) is 15.2. The molecule has 0 radical (unpaired) electrons. The number of rotatable bonds is 4. The van der Waals surface area contributed by atoms with Gasteiger partial charge < -0.3 is 13.4 Å². The zero-order valence-corrected chi connectivity index (χ0v) is 27.1. The lowest BCUT2D eigenvalue weighted by Crippen LogP contribution is -2.00. The van der Waals surface area contributed by atoms with E-state index in [4.69, 9.17) is 23.8 Å². The molecule has 0 N–H and O–H groups in total. The van der Waals surface area contributed by atoms with E-state index in [1.165, 1.54) is 0 Å². The Kier molecular flexibility index (Phi) is 5.86. The van der Waals surface area contributed by atoms with E-state index in [2.05, 4.69) is 83.4 Å². The average Bonchev–Trinajstić information content (AvgIpc) is 3.87. The van der Waals surface area contributed by atoms with Crippen LogP contribution in [-0.4, -0.2) is 19.5 Å². The Bertz CT molecular complexity index is 3150. The number of fused-ring (bicyclic) bond motifs is 9. The van der Waals surface area contributed by atoms with E-state index in [-0.39, 0.29) is 0 Å². The van der Waals surface area contributed by atoms with Crippen molar-refractivity contribution in [1.82, 2.24) is 19.5 Å². The number of aromatic nitrogens is 4. The molecule has 0 saturated carbocycles. The Morgan fingerprint density at radius 2 is 0.902 bits per heavy atom. The molecule has 0 atom stereocenters. The predicted octanol–water partition coefficient (Wildman–Crippen LogP) is 11.8. The molecule has 0 spiro atoms. The highest BCUT2D eigenvalue weighted by atomic mass is 16.3. The SMILES string of the molecule is c1ccc(-c2nc(-c3ccc4oc5ccccc5c4c3)nc(-c3ccc4c(c3)c3ccccc3n4-c3cccc4oc5ccccc5c34)n2)cc1. The van der Waals surface area contributed by atoms with Gasteiger partial charge in [0.2, 0.25) is 0 Å². The Balaban J connectivity index is 1.13. The van der Waals surface area contributed by atoms with Gasteiger partial charge in [0, 0.05) is 43.6 Å². The lowest BCUT2D eigenvalue weighted by molar-refractivity contribution is 0.668. The van der Waals surface area contributed by atoms with Gasteiger partial charge in [0.1, 0.15) is 22.3 Å². The summed E-state index contributed by atoms with van der Waals surface area (Å²) in [7, 11) is 0. The Morgan fingerprint density at radius 1 is 0.353 bits per heavy atom. The molecule has 51 heavy (non-hydrogen) atoms. The second-order valence-electron chi connectivity index (χ2n) is 12.8. The van der Waals surface area contributed by atoms with Crippen LogP contribution in [0.1, 0.15) is 0 Å². The fourth-order valence-corrected chi connectivity index (χ4v) is 7.53. The van der Waals surface area contributed by atoms with Gasteiger partial charge in [-0.15, -0.1) is 0 Å². The zero-order valence-electron chi connectivity index (χ0n) is 27.1. The average molecular weight is 655 g/mol. The number of benzene rings is 7. The molecular weight excluding hydrogens is 629 g/mol. The minimum atomic E-state index is 0.604. The molecule has 0 aliphatic heterocycles. The van der Waals surface area contributed by atoms with E-state index in [0.717, 1.165) is 88.1 Å². The molecule has 7 aromatic carbocycles. The number of nitrogens with zero attached hydrogens (tertiary/aromatic N) is 4. The standard InChI is InChI=1S/C45H26N4O2/c1-2-11-27(12-3-1)43-46-44(48-45(47-43)29-22-24-40-34(26-29)31-14-5-8-18-38(31)50-40)28-21-23-36-33(25-28)30-13-4-7-16-35(30)49(36)37-17-10-20-41-42(37)32-15-6-9-19-39(32)51-41/h1-26H. The van der Waals surface area contributed by atoms with Crippen molar-refractivity contribution in [2.45, 2.75) is 0 Å². The molecule has 4 heterocycles. The summed E-state index contributed by atoms with van der Waals surface area (Å²) in [5.74, 6) is 1.83. The summed E-state index contributed by atoms with van der Waals surface area (Å²) in [5.41, 5.74) is 9.45. The highest BCUT2D eigenvalue weighted by Crippen LogP contribution is 2.40. The Morgan fingerprint density at radius 3 is 1.71 bits per heavy atom. The second-order valence-corrected chi connectivity index (χ2v) is 12.8. The van der Waals surface area contributed by atoms with E-state index in [1.807, 2.05) is 78.9 Å². The fraction of sp³-hybridized carbons (Fsp3) is 0. The topological polar surface area (TPSA) is 69.9 Å². The first-order valence-electron chi connectivity index (χ1n) is 16.9. The third kappa shape index (κ3) is 4.26. The summed E-state index contributed by atoms with van der Waals surface area (Å²) in [6.45, 7) is 0. The molecule has 0 aliphatic carbocycles. The van der Waals surface area contributed by atoms with Crippen molar-refractivity contribution in [3.63, 3.8) is 0 Å². The molecule has 11 aromatic rings. The van der Waals surface area contributed by atoms with Gasteiger partial charge in [-0.05, 0) is 66.7 Å². The van der Waals surface area contributed by atoms with Crippen LogP contribution in [0.4, 0.5) is 0 Å². The van der Waals surface area contributed by atoms with Crippen LogP contribution in [0.2, 0.25) is 0 Å². The van der Waals surface area contributed by atoms with Gasteiger partial charge in [-0.25, -0.2) is 15.0 Å².